The number of carbonyl (C=O) groups excluding carboxylic acids is 1. The van der Waals surface area contributed by atoms with E-state index in [0.717, 1.165) is 37.8 Å². The van der Waals surface area contributed by atoms with Gasteiger partial charge in [-0.3, -0.25) is 4.79 Å². The predicted octanol–water partition coefficient (Wildman–Crippen LogP) is 3.12. The molecule has 2 rings (SSSR count). The maximum Gasteiger partial charge on any atom is 0.246 e. The first kappa shape index (κ1) is 15.1. The van der Waals surface area contributed by atoms with Gasteiger partial charge in [-0.2, -0.15) is 0 Å². The molecule has 1 aromatic carbocycles. The van der Waals surface area contributed by atoms with Crippen molar-refractivity contribution < 1.29 is 9.90 Å². The summed E-state index contributed by atoms with van der Waals surface area (Å²) in [6, 6.07) is 7.30. The molecule has 0 spiro atoms. The summed E-state index contributed by atoms with van der Waals surface area (Å²) in [4.78, 5) is 14.1. The van der Waals surface area contributed by atoms with Crippen molar-refractivity contribution >= 4 is 23.6 Å². The molecule has 3 nitrogen and oxygen atoms in total. The Bertz CT molecular complexity index is 470. The molecule has 1 aliphatic heterocycles. The molecule has 0 aromatic heterocycles. The summed E-state index contributed by atoms with van der Waals surface area (Å²) in [5.41, 5.74) is 0.943. The molecular formula is C16H20ClNO2. The van der Waals surface area contributed by atoms with Gasteiger partial charge in [0.25, 0.3) is 0 Å². The molecule has 4 heteroatoms. The minimum absolute atomic E-state index is 0.0269. The van der Waals surface area contributed by atoms with Crippen molar-refractivity contribution in [2.75, 3.05) is 13.2 Å². The second-order valence-electron chi connectivity index (χ2n) is 5.10. The molecule has 108 valence electrons. The molecule has 0 saturated carbocycles. The number of aliphatic hydroxyl groups is 1. The number of rotatable bonds is 3. The highest BCUT2D eigenvalue weighted by Crippen LogP contribution is 2.17. The lowest BCUT2D eigenvalue weighted by atomic mass is 10.1. The van der Waals surface area contributed by atoms with E-state index in [2.05, 4.69) is 0 Å². The average molecular weight is 294 g/mol. The van der Waals surface area contributed by atoms with Crippen LogP contribution in [0, 0.1) is 0 Å². The van der Waals surface area contributed by atoms with Crippen LogP contribution in [0.5, 0.6) is 0 Å². The SMILES string of the molecule is O=C(/C=C/c1ccc(Cl)cc1)N1CCCCCC1CO. The average Bonchev–Trinajstić information content (AvgIpc) is 2.71. The van der Waals surface area contributed by atoms with E-state index in [1.807, 2.05) is 12.1 Å². The third kappa shape index (κ3) is 4.09. The van der Waals surface area contributed by atoms with Crippen LogP contribution in [0.4, 0.5) is 0 Å². The molecule has 0 aliphatic carbocycles. The Kier molecular flexibility index (Phi) is 5.62. The fraction of sp³-hybridized carbons (Fsp3) is 0.438. The maximum atomic E-state index is 12.3. The Balaban J connectivity index is 2.03. The highest BCUT2D eigenvalue weighted by molar-refractivity contribution is 6.30. The van der Waals surface area contributed by atoms with Gasteiger partial charge in [0.2, 0.25) is 5.91 Å². The van der Waals surface area contributed by atoms with Crippen molar-refractivity contribution in [1.29, 1.82) is 0 Å². The van der Waals surface area contributed by atoms with Crippen LogP contribution in [0.15, 0.2) is 30.3 Å². The van der Waals surface area contributed by atoms with E-state index in [1.54, 1.807) is 29.2 Å². The van der Waals surface area contributed by atoms with Crippen molar-refractivity contribution in [3.8, 4) is 0 Å². The first-order valence-electron chi connectivity index (χ1n) is 7.06. The zero-order chi connectivity index (χ0) is 14.4. The van der Waals surface area contributed by atoms with E-state index in [4.69, 9.17) is 11.6 Å². The van der Waals surface area contributed by atoms with Crippen molar-refractivity contribution in [3.63, 3.8) is 0 Å². The van der Waals surface area contributed by atoms with Gasteiger partial charge < -0.3 is 10.0 Å². The van der Waals surface area contributed by atoms with Crippen molar-refractivity contribution in [1.82, 2.24) is 4.90 Å². The number of halogens is 1. The zero-order valence-corrected chi connectivity index (χ0v) is 12.2. The Morgan fingerprint density at radius 2 is 2.05 bits per heavy atom. The number of aliphatic hydroxyl groups excluding tert-OH is 1. The van der Waals surface area contributed by atoms with E-state index in [-0.39, 0.29) is 18.6 Å². The third-order valence-corrected chi connectivity index (χ3v) is 3.91. The second-order valence-corrected chi connectivity index (χ2v) is 5.54. The first-order valence-corrected chi connectivity index (χ1v) is 7.43. The Labute approximate surface area is 124 Å². The Hall–Kier alpha value is -1.32. The summed E-state index contributed by atoms with van der Waals surface area (Å²) < 4.78 is 0. The Morgan fingerprint density at radius 1 is 1.30 bits per heavy atom. The van der Waals surface area contributed by atoms with Crippen molar-refractivity contribution in [2.24, 2.45) is 0 Å². The van der Waals surface area contributed by atoms with E-state index < -0.39 is 0 Å². The molecule has 0 bridgehead atoms. The Morgan fingerprint density at radius 3 is 2.75 bits per heavy atom. The quantitative estimate of drug-likeness (QED) is 0.870. The molecule has 1 unspecified atom stereocenters. The van der Waals surface area contributed by atoms with Crippen LogP contribution in [0.25, 0.3) is 6.08 Å². The lowest BCUT2D eigenvalue weighted by molar-refractivity contribution is -0.129. The molecular weight excluding hydrogens is 274 g/mol. The molecule has 1 N–H and O–H groups in total. The standard InChI is InChI=1S/C16H20ClNO2/c17-14-8-5-13(6-9-14)7-10-16(20)18-11-3-1-2-4-15(18)12-19/h5-10,15,19H,1-4,11-12H2/b10-7+. The van der Waals surface area contributed by atoms with Crippen LogP contribution in [-0.2, 0) is 4.79 Å². The summed E-state index contributed by atoms with van der Waals surface area (Å²) >= 11 is 5.83. The van der Waals surface area contributed by atoms with Crippen LogP contribution in [0.2, 0.25) is 5.02 Å². The highest BCUT2D eigenvalue weighted by Gasteiger charge is 2.22. The van der Waals surface area contributed by atoms with Crippen LogP contribution in [0.1, 0.15) is 31.2 Å². The van der Waals surface area contributed by atoms with Gasteiger partial charge in [0, 0.05) is 17.6 Å². The van der Waals surface area contributed by atoms with E-state index >= 15 is 0 Å². The number of nitrogens with zero attached hydrogens (tertiary/aromatic N) is 1. The molecule has 1 aromatic rings. The number of benzene rings is 1. The number of amides is 1. The maximum absolute atomic E-state index is 12.3. The summed E-state index contributed by atoms with van der Waals surface area (Å²) in [6.07, 6.45) is 7.47. The zero-order valence-electron chi connectivity index (χ0n) is 11.5. The number of likely N-dealkylation sites (tertiary alicyclic amines) is 1. The van der Waals surface area contributed by atoms with Gasteiger partial charge in [-0.15, -0.1) is 0 Å². The number of hydrogen-bond acceptors (Lipinski definition) is 2. The fourth-order valence-electron chi connectivity index (χ4n) is 2.49. The number of hydrogen-bond donors (Lipinski definition) is 1. The first-order chi connectivity index (χ1) is 9.70. The van der Waals surface area contributed by atoms with Gasteiger partial charge in [0.15, 0.2) is 0 Å². The van der Waals surface area contributed by atoms with Crippen molar-refractivity contribution in [3.05, 3.63) is 40.9 Å². The highest BCUT2D eigenvalue weighted by atomic mass is 35.5. The van der Waals surface area contributed by atoms with Crippen LogP contribution in [0.3, 0.4) is 0 Å². The molecule has 1 fully saturated rings. The molecule has 1 amide bonds. The van der Waals surface area contributed by atoms with Gasteiger partial charge in [0.1, 0.15) is 0 Å². The normalized spacial score (nSPS) is 20.1. The molecule has 1 aliphatic rings. The summed E-state index contributed by atoms with van der Waals surface area (Å²) in [6.45, 7) is 0.773. The summed E-state index contributed by atoms with van der Waals surface area (Å²) in [5.74, 6) is -0.0269. The smallest absolute Gasteiger partial charge is 0.246 e. The van der Waals surface area contributed by atoms with Gasteiger partial charge in [0.05, 0.1) is 12.6 Å². The number of carbonyl (C=O) groups is 1. The summed E-state index contributed by atoms with van der Waals surface area (Å²) in [5, 5.41) is 10.1. The largest absolute Gasteiger partial charge is 0.394 e. The topological polar surface area (TPSA) is 40.5 Å². The molecule has 1 heterocycles. The molecule has 1 saturated heterocycles. The summed E-state index contributed by atoms with van der Waals surface area (Å²) in [7, 11) is 0. The third-order valence-electron chi connectivity index (χ3n) is 3.66. The minimum Gasteiger partial charge on any atom is -0.394 e. The molecule has 0 radical (unpaired) electrons. The minimum atomic E-state index is -0.0418. The fourth-order valence-corrected chi connectivity index (χ4v) is 2.62. The predicted molar refractivity (Wildman–Crippen MR) is 81.5 cm³/mol. The molecule has 20 heavy (non-hydrogen) atoms. The van der Waals surface area contributed by atoms with Gasteiger partial charge >= 0.3 is 0 Å². The van der Waals surface area contributed by atoms with Crippen LogP contribution in [-0.4, -0.2) is 35.1 Å². The monoisotopic (exact) mass is 293 g/mol. The van der Waals surface area contributed by atoms with E-state index in [0.29, 0.717) is 5.02 Å². The van der Waals surface area contributed by atoms with Gasteiger partial charge in [-0.05, 0) is 36.6 Å². The molecule has 1 atom stereocenters. The lowest BCUT2D eigenvalue weighted by Crippen LogP contribution is -2.41. The van der Waals surface area contributed by atoms with E-state index in [9.17, 15) is 9.90 Å². The lowest BCUT2D eigenvalue weighted by Gasteiger charge is -2.27. The van der Waals surface area contributed by atoms with Gasteiger partial charge in [-0.1, -0.05) is 36.6 Å². The van der Waals surface area contributed by atoms with E-state index in [1.165, 1.54) is 0 Å². The van der Waals surface area contributed by atoms with Crippen LogP contribution >= 0.6 is 11.6 Å². The second kappa shape index (κ2) is 7.46. The van der Waals surface area contributed by atoms with Crippen LogP contribution < -0.4 is 0 Å². The van der Waals surface area contributed by atoms with Gasteiger partial charge in [-0.25, -0.2) is 0 Å². The van der Waals surface area contributed by atoms with Crippen molar-refractivity contribution in [2.45, 2.75) is 31.7 Å².